The topological polar surface area (TPSA) is 74.5 Å². The molecule has 124 valence electrons. The van der Waals surface area contributed by atoms with Crippen LogP contribution in [-0.2, 0) is 12.0 Å². The Kier molecular flexibility index (Phi) is 5.39. The molecule has 2 aromatic rings. The van der Waals surface area contributed by atoms with Gasteiger partial charge in [0.2, 0.25) is 0 Å². The van der Waals surface area contributed by atoms with E-state index >= 15 is 0 Å². The van der Waals surface area contributed by atoms with Crippen LogP contribution < -0.4 is 10.6 Å². The van der Waals surface area contributed by atoms with Crippen LogP contribution in [0.4, 0.5) is 9.18 Å². The number of rotatable bonds is 6. The van der Waals surface area contributed by atoms with Crippen LogP contribution in [0, 0.1) is 5.82 Å². The maximum Gasteiger partial charge on any atom is 0.315 e. The van der Waals surface area contributed by atoms with Crippen molar-refractivity contribution in [2.75, 3.05) is 6.54 Å². The van der Waals surface area contributed by atoms with Crippen LogP contribution in [0.2, 0.25) is 0 Å². The summed E-state index contributed by atoms with van der Waals surface area (Å²) in [5, 5.41) is 15.5. The van der Waals surface area contributed by atoms with Crippen molar-refractivity contribution in [2.24, 2.45) is 0 Å². The van der Waals surface area contributed by atoms with Crippen molar-refractivity contribution < 1.29 is 18.7 Å². The summed E-state index contributed by atoms with van der Waals surface area (Å²) in [4.78, 5) is 11.9. The summed E-state index contributed by atoms with van der Waals surface area (Å²) in [6, 6.07) is 9.09. The highest BCUT2D eigenvalue weighted by Crippen LogP contribution is 2.19. The molecule has 0 aliphatic carbocycles. The number of amides is 2. The van der Waals surface area contributed by atoms with Gasteiger partial charge in [-0.2, -0.15) is 0 Å². The van der Waals surface area contributed by atoms with Gasteiger partial charge in [-0.05, 0) is 44.0 Å². The van der Waals surface area contributed by atoms with Crippen molar-refractivity contribution in [3.8, 4) is 0 Å². The summed E-state index contributed by atoms with van der Waals surface area (Å²) in [7, 11) is 0. The number of hydrogen-bond acceptors (Lipinski definition) is 3. The van der Waals surface area contributed by atoms with Crippen LogP contribution in [-0.4, -0.2) is 23.7 Å². The van der Waals surface area contributed by atoms with E-state index in [9.17, 15) is 14.3 Å². The van der Waals surface area contributed by atoms with Crippen LogP contribution in [0.5, 0.6) is 0 Å². The van der Waals surface area contributed by atoms with Crippen LogP contribution in [0.1, 0.15) is 25.2 Å². The molecule has 0 fully saturated rings. The molecule has 2 atom stereocenters. The smallest absolute Gasteiger partial charge is 0.315 e. The van der Waals surface area contributed by atoms with Gasteiger partial charge in [-0.1, -0.05) is 18.2 Å². The quantitative estimate of drug-likeness (QED) is 0.766. The molecule has 0 saturated carbocycles. The molecule has 2 amide bonds. The minimum atomic E-state index is -1.30. The van der Waals surface area contributed by atoms with Gasteiger partial charge in [0.25, 0.3) is 0 Å². The Morgan fingerprint density at radius 1 is 1.35 bits per heavy atom. The van der Waals surface area contributed by atoms with E-state index in [0.717, 1.165) is 0 Å². The van der Waals surface area contributed by atoms with E-state index in [-0.39, 0.29) is 18.4 Å². The van der Waals surface area contributed by atoms with Gasteiger partial charge in [-0.25, -0.2) is 9.18 Å². The molecular weight excluding hydrogens is 299 g/mol. The third-order valence-electron chi connectivity index (χ3n) is 3.51. The Hall–Kier alpha value is -2.34. The number of carbonyl (C=O) groups excluding carboxylic acids is 1. The zero-order valence-corrected chi connectivity index (χ0v) is 13.2. The maximum atomic E-state index is 13.6. The summed E-state index contributed by atoms with van der Waals surface area (Å²) in [6.45, 7) is 3.34. The average Bonchev–Trinajstić information content (AvgIpc) is 3.03. The molecule has 23 heavy (non-hydrogen) atoms. The molecule has 1 aromatic carbocycles. The summed E-state index contributed by atoms with van der Waals surface area (Å²) < 4.78 is 18.7. The minimum absolute atomic E-state index is 0.00123. The van der Waals surface area contributed by atoms with Gasteiger partial charge < -0.3 is 20.2 Å². The second-order valence-electron chi connectivity index (χ2n) is 5.77. The van der Waals surface area contributed by atoms with Crippen molar-refractivity contribution in [2.45, 2.75) is 31.9 Å². The fourth-order valence-electron chi connectivity index (χ4n) is 2.24. The van der Waals surface area contributed by atoms with Crippen molar-refractivity contribution >= 4 is 6.03 Å². The molecule has 0 bridgehead atoms. The monoisotopic (exact) mass is 320 g/mol. The molecule has 1 heterocycles. The molecule has 1 aromatic heterocycles. The Morgan fingerprint density at radius 2 is 2.09 bits per heavy atom. The minimum Gasteiger partial charge on any atom is -0.466 e. The van der Waals surface area contributed by atoms with Crippen molar-refractivity contribution in [3.05, 3.63) is 59.8 Å². The lowest BCUT2D eigenvalue weighted by Crippen LogP contribution is -2.46. The second-order valence-corrected chi connectivity index (χ2v) is 5.77. The van der Waals surface area contributed by atoms with Gasteiger partial charge in [-0.3, -0.25) is 0 Å². The molecule has 0 saturated heterocycles. The zero-order valence-electron chi connectivity index (χ0n) is 13.2. The van der Waals surface area contributed by atoms with E-state index in [0.29, 0.717) is 17.7 Å². The average molecular weight is 320 g/mol. The van der Waals surface area contributed by atoms with E-state index in [1.54, 1.807) is 44.2 Å². The van der Waals surface area contributed by atoms with E-state index in [1.165, 1.54) is 12.3 Å². The number of halogens is 1. The molecule has 3 N–H and O–H groups in total. The Balaban J connectivity index is 1.81. The Labute approximate surface area is 134 Å². The SMILES string of the molecule is CC(Cc1ccccc1F)NC(=O)NCC(C)(O)c1ccco1. The van der Waals surface area contributed by atoms with E-state index in [1.807, 2.05) is 0 Å². The van der Waals surface area contributed by atoms with Crippen molar-refractivity contribution in [1.82, 2.24) is 10.6 Å². The number of nitrogens with one attached hydrogen (secondary N) is 2. The van der Waals surface area contributed by atoms with Gasteiger partial charge in [0.1, 0.15) is 17.2 Å². The fraction of sp³-hybridized carbons (Fsp3) is 0.353. The molecule has 6 heteroatoms. The second kappa shape index (κ2) is 7.28. The van der Waals surface area contributed by atoms with Crippen LogP contribution in [0.25, 0.3) is 0 Å². The molecule has 2 unspecified atom stereocenters. The van der Waals surface area contributed by atoms with Crippen LogP contribution >= 0.6 is 0 Å². The normalized spacial score (nSPS) is 14.8. The summed E-state index contributed by atoms with van der Waals surface area (Å²) in [5.74, 6) is 0.0829. The molecule has 0 radical (unpaired) electrons. The van der Waals surface area contributed by atoms with Gasteiger partial charge in [0, 0.05) is 6.04 Å². The molecule has 2 rings (SSSR count). The Bertz CT molecular complexity index is 641. The number of urea groups is 1. The standard InChI is InChI=1S/C17H21FN2O3/c1-12(10-13-6-3-4-7-14(13)18)20-16(21)19-11-17(2,22)15-8-5-9-23-15/h3-9,12,22H,10-11H2,1-2H3,(H2,19,20,21). The molecule has 0 spiro atoms. The lowest BCUT2D eigenvalue weighted by molar-refractivity contribution is 0.0366. The first-order chi connectivity index (χ1) is 10.9. The first-order valence-electron chi connectivity index (χ1n) is 7.42. The maximum absolute atomic E-state index is 13.6. The van der Waals surface area contributed by atoms with E-state index < -0.39 is 11.6 Å². The summed E-state index contributed by atoms with van der Waals surface area (Å²) in [6.07, 6.45) is 1.84. The largest absolute Gasteiger partial charge is 0.466 e. The lowest BCUT2D eigenvalue weighted by atomic mass is 10.0. The highest BCUT2D eigenvalue weighted by molar-refractivity contribution is 5.74. The van der Waals surface area contributed by atoms with Crippen molar-refractivity contribution in [1.29, 1.82) is 0 Å². The Morgan fingerprint density at radius 3 is 2.74 bits per heavy atom. The predicted octanol–water partition coefficient (Wildman–Crippen LogP) is 2.56. The van der Waals surface area contributed by atoms with Gasteiger partial charge in [0.05, 0.1) is 12.8 Å². The number of hydrogen-bond donors (Lipinski definition) is 3. The molecular formula is C17H21FN2O3. The lowest BCUT2D eigenvalue weighted by Gasteiger charge is -2.22. The zero-order chi connectivity index (χ0) is 16.9. The highest BCUT2D eigenvalue weighted by atomic mass is 19.1. The van der Waals surface area contributed by atoms with E-state index in [2.05, 4.69) is 10.6 Å². The summed E-state index contributed by atoms with van der Waals surface area (Å²) in [5.41, 5.74) is -0.752. The molecule has 5 nitrogen and oxygen atoms in total. The van der Waals surface area contributed by atoms with Crippen molar-refractivity contribution in [3.63, 3.8) is 0 Å². The van der Waals surface area contributed by atoms with E-state index in [4.69, 9.17) is 4.42 Å². The number of aliphatic hydroxyl groups is 1. The number of benzene rings is 1. The predicted molar refractivity (Wildman–Crippen MR) is 84.4 cm³/mol. The number of carbonyl (C=O) groups is 1. The highest BCUT2D eigenvalue weighted by Gasteiger charge is 2.26. The summed E-state index contributed by atoms with van der Waals surface area (Å²) >= 11 is 0. The molecule has 0 aliphatic heterocycles. The molecule has 0 aliphatic rings. The first-order valence-corrected chi connectivity index (χ1v) is 7.42. The van der Waals surface area contributed by atoms with Crippen LogP contribution in [0.15, 0.2) is 47.1 Å². The van der Waals surface area contributed by atoms with Gasteiger partial charge in [0.15, 0.2) is 0 Å². The van der Waals surface area contributed by atoms with Gasteiger partial charge in [-0.15, -0.1) is 0 Å². The third kappa shape index (κ3) is 4.82. The van der Waals surface area contributed by atoms with Crippen LogP contribution in [0.3, 0.4) is 0 Å². The fourth-order valence-corrected chi connectivity index (χ4v) is 2.24. The first kappa shape index (κ1) is 17.0. The van der Waals surface area contributed by atoms with Gasteiger partial charge >= 0.3 is 6.03 Å². The number of furan rings is 1. The third-order valence-corrected chi connectivity index (χ3v) is 3.51.